The van der Waals surface area contributed by atoms with E-state index in [0.717, 1.165) is 17.2 Å². The summed E-state index contributed by atoms with van der Waals surface area (Å²) >= 11 is 0. The van der Waals surface area contributed by atoms with Crippen molar-refractivity contribution in [3.8, 4) is 5.75 Å². The molecule has 1 heterocycles. The summed E-state index contributed by atoms with van der Waals surface area (Å²) in [4.78, 5) is 0. The molecule has 0 aliphatic carbocycles. The van der Waals surface area contributed by atoms with E-state index < -0.39 is 6.11 Å². The zero-order valence-electron chi connectivity index (χ0n) is 10.9. The topological polar surface area (TPSA) is 39.1 Å². The Morgan fingerprint density at radius 2 is 1.89 bits per heavy atom. The molecule has 6 heteroatoms. The van der Waals surface area contributed by atoms with Crippen LogP contribution in [0.25, 0.3) is 0 Å². The molecule has 2 aromatic rings. The summed E-state index contributed by atoms with van der Waals surface area (Å²) in [5, 5.41) is 7.34. The summed E-state index contributed by atoms with van der Waals surface area (Å²) in [6.07, 6.45) is -3.17. The van der Waals surface area contributed by atoms with Crippen LogP contribution in [0.15, 0.2) is 30.3 Å². The minimum absolute atomic E-state index is 0.124. The largest absolute Gasteiger partial charge is 0.433 e. The van der Waals surface area contributed by atoms with Crippen LogP contribution < -0.4 is 10.1 Å². The number of anilines is 2. The zero-order valence-corrected chi connectivity index (χ0v) is 10.9. The van der Waals surface area contributed by atoms with Gasteiger partial charge in [0.1, 0.15) is 11.6 Å². The molecule has 0 fully saturated rings. The summed E-state index contributed by atoms with van der Waals surface area (Å²) in [5.74, 6) is 0.950. The molecule has 4 nitrogen and oxygen atoms in total. The molecule has 0 aliphatic heterocycles. The molecule has 2 rings (SSSR count). The normalized spacial score (nSPS) is 11.4. The second-order valence-corrected chi connectivity index (χ2v) is 4.35. The minimum atomic E-state index is -3.17. The first-order chi connectivity index (χ1) is 8.83. The lowest BCUT2D eigenvalue weighted by atomic mass is 10.3. The van der Waals surface area contributed by atoms with Crippen molar-refractivity contribution in [2.24, 2.45) is 7.05 Å². The number of benzene rings is 1. The second kappa shape index (κ2) is 4.87. The van der Waals surface area contributed by atoms with E-state index in [-0.39, 0.29) is 5.75 Å². The van der Waals surface area contributed by atoms with Gasteiger partial charge in [-0.3, -0.25) is 4.68 Å². The summed E-state index contributed by atoms with van der Waals surface area (Å²) in [6.45, 7) is 2.60. The van der Waals surface area contributed by atoms with Crippen LogP contribution in [-0.4, -0.2) is 15.9 Å². The number of aromatic nitrogens is 2. The summed E-state index contributed by atoms with van der Waals surface area (Å²) in [7, 11) is 1.82. The first-order valence-corrected chi connectivity index (χ1v) is 5.78. The smallest absolute Gasteiger partial charge is 0.394 e. The van der Waals surface area contributed by atoms with Gasteiger partial charge in [-0.2, -0.15) is 13.9 Å². The highest BCUT2D eigenvalue weighted by Gasteiger charge is 2.22. The SMILES string of the molecule is Cc1cc(Nc2ccc(OC(C)(F)F)cc2)n(C)n1. The molecule has 1 aromatic carbocycles. The maximum Gasteiger partial charge on any atom is 0.394 e. The summed E-state index contributed by atoms with van der Waals surface area (Å²) in [5.41, 5.74) is 1.67. The molecule has 19 heavy (non-hydrogen) atoms. The Hall–Kier alpha value is -2.11. The lowest BCUT2D eigenvalue weighted by Gasteiger charge is -2.13. The molecule has 1 aromatic heterocycles. The van der Waals surface area contributed by atoms with Crippen molar-refractivity contribution in [1.82, 2.24) is 9.78 Å². The first kappa shape index (κ1) is 13.3. The zero-order chi connectivity index (χ0) is 14.0. The fraction of sp³-hybridized carbons (Fsp3) is 0.308. The van der Waals surface area contributed by atoms with Crippen molar-refractivity contribution >= 4 is 11.5 Å². The second-order valence-electron chi connectivity index (χ2n) is 4.35. The highest BCUT2D eigenvalue weighted by atomic mass is 19.3. The molecule has 0 atom stereocenters. The van der Waals surface area contributed by atoms with Gasteiger partial charge >= 0.3 is 6.11 Å². The van der Waals surface area contributed by atoms with Crippen LogP contribution in [-0.2, 0) is 7.05 Å². The van der Waals surface area contributed by atoms with Crippen LogP contribution in [0.3, 0.4) is 0 Å². The van der Waals surface area contributed by atoms with E-state index >= 15 is 0 Å². The van der Waals surface area contributed by atoms with Crippen molar-refractivity contribution in [3.63, 3.8) is 0 Å². The molecular weight excluding hydrogens is 252 g/mol. The molecule has 102 valence electrons. The molecule has 0 amide bonds. The molecule has 0 saturated heterocycles. The predicted molar refractivity (Wildman–Crippen MR) is 68.9 cm³/mol. The van der Waals surface area contributed by atoms with Gasteiger partial charge in [0.15, 0.2) is 0 Å². The van der Waals surface area contributed by atoms with E-state index in [1.54, 1.807) is 16.8 Å². The lowest BCUT2D eigenvalue weighted by Crippen LogP contribution is -2.18. The maximum absolute atomic E-state index is 12.7. The molecule has 0 spiro atoms. The van der Waals surface area contributed by atoms with E-state index in [2.05, 4.69) is 15.2 Å². The number of rotatable bonds is 4. The molecule has 0 aliphatic rings. The average molecular weight is 267 g/mol. The predicted octanol–water partition coefficient (Wildman–Crippen LogP) is 3.46. The number of hydrogen-bond acceptors (Lipinski definition) is 3. The van der Waals surface area contributed by atoms with Crippen molar-refractivity contribution in [2.75, 3.05) is 5.32 Å². The van der Waals surface area contributed by atoms with Crippen LogP contribution in [0, 0.1) is 6.92 Å². The standard InChI is InChI=1S/C13H15F2N3O/c1-9-8-12(18(3)17-9)16-10-4-6-11(7-5-10)19-13(2,14)15/h4-8,16H,1-3H3. The number of nitrogens with one attached hydrogen (secondary N) is 1. The third-order valence-electron chi connectivity index (χ3n) is 2.43. The molecule has 0 saturated carbocycles. The molecule has 1 N–H and O–H groups in total. The fourth-order valence-corrected chi connectivity index (χ4v) is 1.69. The van der Waals surface area contributed by atoms with Gasteiger partial charge in [0.05, 0.1) is 5.69 Å². The van der Waals surface area contributed by atoms with Crippen molar-refractivity contribution in [3.05, 3.63) is 36.0 Å². The van der Waals surface area contributed by atoms with Crippen LogP contribution in [0.1, 0.15) is 12.6 Å². The number of alkyl halides is 2. The van der Waals surface area contributed by atoms with Crippen LogP contribution in [0.2, 0.25) is 0 Å². The molecule has 0 bridgehead atoms. The highest BCUT2D eigenvalue weighted by molar-refractivity contribution is 5.57. The van der Waals surface area contributed by atoms with Crippen molar-refractivity contribution in [1.29, 1.82) is 0 Å². The van der Waals surface area contributed by atoms with Crippen molar-refractivity contribution < 1.29 is 13.5 Å². The number of ether oxygens (including phenoxy) is 1. The molecule has 0 unspecified atom stereocenters. The number of nitrogens with zero attached hydrogens (tertiary/aromatic N) is 2. The Morgan fingerprint density at radius 1 is 1.26 bits per heavy atom. The Bertz CT molecular complexity index is 558. The van der Waals surface area contributed by atoms with Gasteiger partial charge in [-0.15, -0.1) is 0 Å². The van der Waals surface area contributed by atoms with Crippen molar-refractivity contribution in [2.45, 2.75) is 20.0 Å². The van der Waals surface area contributed by atoms with E-state index in [9.17, 15) is 8.78 Å². The van der Waals surface area contributed by atoms with E-state index in [4.69, 9.17) is 0 Å². The lowest BCUT2D eigenvalue weighted by molar-refractivity contribution is -0.158. The monoisotopic (exact) mass is 267 g/mol. The van der Waals surface area contributed by atoms with Crippen LogP contribution in [0.4, 0.5) is 20.3 Å². The summed E-state index contributed by atoms with van der Waals surface area (Å²) < 4.78 is 31.5. The fourth-order valence-electron chi connectivity index (χ4n) is 1.69. The van der Waals surface area contributed by atoms with Gasteiger partial charge in [-0.05, 0) is 31.2 Å². The number of hydrogen-bond donors (Lipinski definition) is 1. The van der Waals surface area contributed by atoms with E-state index in [1.807, 2.05) is 20.0 Å². The van der Waals surface area contributed by atoms with Gasteiger partial charge in [0.25, 0.3) is 0 Å². The molecular formula is C13H15F2N3O. The third-order valence-corrected chi connectivity index (χ3v) is 2.43. The van der Waals surface area contributed by atoms with Gasteiger partial charge in [-0.25, -0.2) is 0 Å². The Balaban J connectivity index is 2.09. The van der Waals surface area contributed by atoms with E-state index in [1.165, 1.54) is 12.1 Å². The number of halogens is 2. The summed E-state index contributed by atoms with van der Waals surface area (Å²) in [6, 6.07) is 8.21. The van der Waals surface area contributed by atoms with Gasteiger partial charge in [0.2, 0.25) is 0 Å². The first-order valence-electron chi connectivity index (χ1n) is 5.78. The van der Waals surface area contributed by atoms with Gasteiger partial charge in [-0.1, -0.05) is 0 Å². The molecule has 0 radical (unpaired) electrons. The van der Waals surface area contributed by atoms with Crippen LogP contribution >= 0.6 is 0 Å². The Kier molecular flexibility index (Phi) is 3.42. The quantitative estimate of drug-likeness (QED) is 0.922. The Labute approximate surface area is 110 Å². The Morgan fingerprint density at radius 3 is 2.37 bits per heavy atom. The van der Waals surface area contributed by atoms with Gasteiger partial charge in [0, 0.05) is 25.7 Å². The maximum atomic E-state index is 12.7. The van der Waals surface area contributed by atoms with Gasteiger partial charge < -0.3 is 10.1 Å². The third kappa shape index (κ3) is 3.67. The average Bonchev–Trinajstić information content (AvgIpc) is 2.58. The van der Waals surface area contributed by atoms with E-state index in [0.29, 0.717) is 6.92 Å². The minimum Gasteiger partial charge on any atom is -0.433 e. The number of aryl methyl sites for hydroxylation is 2. The highest BCUT2D eigenvalue weighted by Crippen LogP contribution is 2.24. The van der Waals surface area contributed by atoms with Crippen LogP contribution in [0.5, 0.6) is 5.75 Å².